The fourth-order valence-corrected chi connectivity index (χ4v) is 3.03. The second-order valence-corrected chi connectivity index (χ2v) is 5.67. The normalized spacial score (nSPS) is 11.3. The Balaban J connectivity index is 2.62. The summed E-state index contributed by atoms with van der Waals surface area (Å²) in [6.45, 7) is 0. The predicted molar refractivity (Wildman–Crippen MR) is 64.8 cm³/mol. The molecule has 3 nitrogen and oxygen atoms in total. The van der Waals surface area contributed by atoms with Crippen LogP contribution in [0.5, 0.6) is 5.75 Å². The minimum absolute atomic E-state index is 0.0331. The number of benzene rings is 2. The van der Waals surface area contributed by atoms with E-state index in [1.807, 2.05) is 0 Å². The zero-order chi connectivity index (χ0) is 14.0. The Kier molecular flexibility index (Phi) is 3.53. The molecule has 0 heterocycles. The van der Waals surface area contributed by atoms with Gasteiger partial charge >= 0.3 is 0 Å². The number of halogens is 2. The molecule has 0 fully saturated rings. The molecule has 0 amide bonds. The van der Waals surface area contributed by atoms with Crippen LogP contribution in [0, 0.1) is 11.6 Å². The molecule has 0 aromatic heterocycles. The van der Waals surface area contributed by atoms with Gasteiger partial charge in [0, 0.05) is 0 Å². The average Bonchev–Trinajstić information content (AvgIpc) is 2.39. The van der Waals surface area contributed by atoms with Crippen molar-refractivity contribution in [2.24, 2.45) is 0 Å². The first-order valence-electron chi connectivity index (χ1n) is 5.29. The van der Waals surface area contributed by atoms with Crippen LogP contribution in [0.1, 0.15) is 0 Å². The fourth-order valence-electron chi connectivity index (χ4n) is 1.60. The Hall–Kier alpha value is -1.95. The first-order chi connectivity index (χ1) is 8.95. The molecule has 0 saturated carbocycles. The molecule has 2 aromatic rings. The Bertz CT molecular complexity index is 694. The van der Waals surface area contributed by atoms with Crippen LogP contribution >= 0.6 is 0 Å². The monoisotopic (exact) mass is 284 g/mol. The average molecular weight is 284 g/mol. The highest BCUT2D eigenvalue weighted by atomic mass is 32.2. The van der Waals surface area contributed by atoms with E-state index in [4.69, 9.17) is 4.74 Å². The SMILES string of the molecule is COc1ccc(F)cc1S(=O)(=O)c1ccc(F)cc1. The molecule has 0 N–H and O–H groups in total. The van der Waals surface area contributed by atoms with E-state index in [1.54, 1.807) is 0 Å². The molecule has 0 spiro atoms. The van der Waals surface area contributed by atoms with Gasteiger partial charge in [0.15, 0.2) is 0 Å². The van der Waals surface area contributed by atoms with Crippen LogP contribution in [0.4, 0.5) is 8.78 Å². The van der Waals surface area contributed by atoms with Crippen molar-refractivity contribution in [2.45, 2.75) is 9.79 Å². The topological polar surface area (TPSA) is 43.4 Å². The highest BCUT2D eigenvalue weighted by Gasteiger charge is 2.22. The number of sulfone groups is 1. The highest BCUT2D eigenvalue weighted by molar-refractivity contribution is 7.91. The number of ether oxygens (including phenoxy) is 1. The number of hydrogen-bond acceptors (Lipinski definition) is 3. The number of methoxy groups -OCH3 is 1. The van der Waals surface area contributed by atoms with E-state index in [0.29, 0.717) is 0 Å². The van der Waals surface area contributed by atoms with Crippen molar-refractivity contribution in [1.82, 2.24) is 0 Å². The minimum Gasteiger partial charge on any atom is -0.495 e. The van der Waals surface area contributed by atoms with Crippen molar-refractivity contribution < 1.29 is 21.9 Å². The Morgan fingerprint density at radius 2 is 1.53 bits per heavy atom. The molecule has 0 aliphatic heterocycles. The molecule has 6 heteroatoms. The molecule has 19 heavy (non-hydrogen) atoms. The van der Waals surface area contributed by atoms with Gasteiger partial charge in [0.05, 0.1) is 12.0 Å². The summed E-state index contributed by atoms with van der Waals surface area (Å²) >= 11 is 0. The molecule has 0 radical (unpaired) electrons. The van der Waals surface area contributed by atoms with Crippen molar-refractivity contribution in [3.63, 3.8) is 0 Å². The van der Waals surface area contributed by atoms with E-state index >= 15 is 0 Å². The molecule has 0 atom stereocenters. The zero-order valence-electron chi connectivity index (χ0n) is 9.93. The summed E-state index contributed by atoms with van der Waals surface area (Å²) in [5, 5.41) is 0. The van der Waals surface area contributed by atoms with E-state index in [1.165, 1.54) is 13.2 Å². The van der Waals surface area contributed by atoms with Crippen LogP contribution in [-0.2, 0) is 9.84 Å². The summed E-state index contributed by atoms with van der Waals surface area (Å²) in [4.78, 5) is -0.417. The molecule has 0 aliphatic carbocycles. The smallest absolute Gasteiger partial charge is 0.210 e. The van der Waals surface area contributed by atoms with Crippen LogP contribution < -0.4 is 4.74 Å². The van der Waals surface area contributed by atoms with Gasteiger partial charge in [-0.2, -0.15) is 0 Å². The van der Waals surface area contributed by atoms with Gasteiger partial charge in [-0.15, -0.1) is 0 Å². The Labute approximate surface area is 109 Å². The largest absolute Gasteiger partial charge is 0.495 e. The van der Waals surface area contributed by atoms with Gasteiger partial charge in [-0.1, -0.05) is 0 Å². The first-order valence-corrected chi connectivity index (χ1v) is 6.77. The van der Waals surface area contributed by atoms with Crippen molar-refractivity contribution in [3.8, 4) is 5.75 Å². The highest BCUT2D eigenvalue weighted by Crippen LogP contribution is 2.29. The van der Waals surface area contributed by atoms with Crippen LogP contribution in [0.3, 0.4) is 0 Å². The molecule has 2 rings (SSSR count). The van der Waals surface area contributed by atoms with Crippen molar-refractivity contribution in [1.29, 1.82) is 0 Å². The van der Waals surface area contributed by atoms with Gasteiger partial charge in [-0.25, -0.2) is 17.2 Å². The van der Waals surface area contributed by atoms with E-state index in [0.717, 1.165) is 36.4 Å². The van der Waals surface area contributed by atoms with Gasteiger partial charge in [0.1, 0.15) is 22.3 Å². The maximum Gasteiger partial charge on any atom is 0.210 e. The summed E-state index contributed by atoms with van der Waals surface area (Å²) in [5.74, 6) is -1.21. The van der Waals surface area contributed by atoms with Gasteiger partial charge in [-0.3, -0.25) is 0 Å². The van der Waals surface area contributed by atoms with Gasteiger partial charge in [0.25, 0.3) is 0 Å². The maximum atomic E-state index is 13.2. The van der Waals surface area contributed by atoms with Gasteiger partial charge in [0.2, 0.25) is 9.84 Å². The molecule has 0 saturated heterocycles. The lowest BCUT2D eigenvalue weighted by Gasteiger charge is -2.09. The van der Waals surface area contributed by atoms with Crippen molar-refractivity contribution >= 4 is 9.84 Å². The lowest BCUT2D eigenvalue weighted by molar-refractivity contribution is 0.401. The van der Waals surface area contributed by atoms with Crippen LogP contribution in [-0.4, -0.2) is 15.5 Å². The maximum absolute atomic E-state index is 13.2. The van der Waals surface area contributed by atoms with E-state index in [2.05, 4.69) is 0 Å². The standard InChI is InChI=1S/C13H10F2O3S/c1-18-12-7-4-10(15)8-13(12)19(16,17)11-5-2-9(14)3-6-11/h2-8H,1H3. The lowest BCUT2D eigenvalue weighted by Crippen LogP contribution is -2.05. The molecule has 2 aromatic carbocycles. The quantitative estimate of drug-likeness (QED) is 0.814. The second kappa shape index (κ2) is 4.97. The minimum atomic E-state index is -3.95. The van der Waals surface area contributed by atoms with E-state index in [-0.39, 0.29) is 15.5 Å². The van der Waals surface area contributed by atoms with Crippen molar-refractivity contribution in [3.05, 3.63) is 54.1 Å². The third-order valence-corrected chi connectivity index (χ3v) is 4.33. The lowest BCUT2D eigenvalue weighted by atomic mass is 10.3. The third kappa shape index (κ3) is 2.58. The summed E-state index contributed by atoms with van der Waals surface area (Å²) in [6, 6.07) is 7.49. The zero-order valence-corrected chi connectivity index (χ0v) is 10.7. The third-order valence-electron chi connectivity index (χ3n) is 2.54. The molecule has 0 unspecified atom stereocenters. The summed E-state index contributed by atoms with van der Waals surface area (Å²) in [6.07, 6.45) is 0. The molecular formula is C13H10F2O3S. The second-order valence-electron chi connectivity index (χ2n) is 3.75. The summed E-state index contributed by atoms with van der Waals surface area (Å²) in [5.41, 5.74) is 0. The Morgan fingerprint density at radius 3 is 2.11 bits per heavy atom. The summed E-state index contributed by atoms with van der Waals surface area (Å²) < 4.78 is 55.5. The molecule has 0 bridgehead atoms. The molecule has 100 valence electrons. The first kappa shape index (κ1) is 13.5. The summed E-state index contributed by atoms with van der Waals surface area (Å²) in [7, 11) is -2.66. The fraction of sp³-hybridized carbons (Fsp3) is 0.0769. The van der Waals surface area contributed by atoms with Gasteiger partial charge in [-0.05, 0) is 42.5 Å². The van der Waals surface area contributed by atoms with Crippen LogP contribution in [0.25, 0.3) is 0 Å². The van der Waals surface area contributed by atoms with E-state index < -0.39 is 21.5 Å². The van der Waals surface area contributed by atoms with Crippen LogP contribution in [0.2, 0.25) is 0 Å². The number of hydrogen-bond donors (Lipinski definition) is 0. The predicted octanol–water partition coefficient (Wildman–Crippen LogP) is 2.81. The number of rotatable bonds is 3. The van der Waals surface area contributed by atoms with Crippen LogP contribution in [0.15, 0.2) is 52.3 Å². The molecule has 0 aliphatic rings. The van der Waals surface area contributed by atoms with E-state index in [9.17, 15) is 17.2 Å². The van der Waals surface area contributed by atoms with Crippen molar-refractivity contribution in [2.75, 3.05) is 7.11 Å². The molecular weight excluding hydrogens is 274 g/mol. The Morgan fingerprint density at radius 1 is 0.947 bits per heavy atom. The van der Waals surface area contributed by atoms with Gasteiger partial charge < -0.3 is 4.74 Å².